The number of aliphatic carboxylic acids is 1. The molecule has 5 atom stereocenters. The van der Waals surface area contributed by atoms with Crippen LogP contribution >= 0.6 is 0 Å². The fourth-order valence-electron chi connectivity index (χ4n) is 4.43. The molecule has 0 N–H and O–H groups in total. The Hall–Kier alpha value is -2.47. The minimum absolute atomic E-state index is 0.125. The Morgan fingerprint density at radius 3 is 2.80 bits per heavy atom. The van der Waals surface area contributed by atoms with E-state index >= 15 is 0 Å². The summed E-state index contributed by atoms with van der Waals surface area (Å²) >= 11 is 0. The van der Waals surface area contributed by atoms with E-state index in [4.69, 9.17) is 4.74 Å². The van der Waals surface area contributed by atoms with E-state index in [2.05, 4.69) is 6.58 Å². The van der Waals surface area contributed by atoms with Gasteiger partial charge in [-0.25, -0.2) is 4.39 Å². The molecule has 1 aromatic rings. The van der Waals surface area contributed by atoms with Gasteiger partial charge in [0.1, 0.15) is 11.4 Å². The van der Waals surface area contributed by atoms with Crippen LogP contribution in [-0.2, 0) is 14.3 Å². The van der Waals surface area contributed by atoms with E-state index in [1.54, 1.807) is 18.2 Å². The largest absolute Gasteiger partial charge is 0.550 e. The normalized spacial score (nSPS) is 35.3. The first-order valence-corrected chi connectivity index (χ1v) is 8.17. The highest BCUT2D eigenvalue weighted by Crippen LogP contribution is 2.56. The van der Waals surface area contributed by atoms with Gasteiger partial charge < -0.3 is 19.5 Å². The topological polar surface area (TPSA) is 69.7 Å². The van der Waals surface area contributed by atoms with Crippen LogP contribution in [0.3, 0.4) is 0 Å². The molecule has 3 aliphatic rings. The Bertz CT molecular complexity index is 819. The summed E-state index contributed by atoms with van der Waals surface area (Å²) in [6.45, 7) is 5.72. The molecule has 0 saturated carbocycles. The van der Waals surface area contributed by atoms with E-state index in [-0.39, 0.29) is 5.69 Å². The molecule has 3 heterocycles. The Balaban J connectivity index is 1.87. The molecule has 1 spiro atoms. The first kappa shape index (κ1) is 16.0. The zero-order valence-corrected chi connectivity index (χ0v) is 13.6. The Morgan fingerprint density at radius 2 is 2.16 bits per heavy atom. The van der Waals surface area contributed by atoms with Gasteiger partial charge in [0.25, 0.3) is 0 Å². The van der Waals surface area contributed by atoms with E-state index in [1.807, 2.05) is 6.92 Å². The van der Waals surface area contributed by atoms with E-state index in [1.165, 1.54) is 23.1 Å². The van der Waals surface area contributed by atoms with Gasteiger partial charge in [-0.1, -0.05) is 29.9 Å². The van der Waals surface area contributed by atoms with Crippen molar-refractivity contribution >= 4 is 17.6 Å². The minimum atomic E-state index is -1.32. The molecule has 1 amide bonds. The molecule has 2 saturated heterocycles. The molecule has 2 bridgehead atoms. The van der Waals surface area contributed by atoms with Crippen molar-refractivity contribution in [2.24, 2.45) is 11.8 Å². The van der Waals surface area contributed by atoms with Crippen LogP contribution in [0.25, 0.3) is 0 Å². The molecule has 0 aliphatic carbocycles. The molecule has 0 unspecified atom stereocenters. The Labute approximate surface area is 144 Å². The van der Waals surface area contributed by atoms with Crippen LogP contribution in [0.1, 0.15) is 13.3 Å². The number of rotatable bonds is 4. The smallest absolute Gasteiger partial charge is 0.234 e. The number of carboxylic acids is 1. The number of anilines is 1. The third-order valence-electron chi connectivity index (χ3n) is 5.35. The molecule has 5 nitrogen and oxygen atoms in total. The summed E-state index contributed by atoms with van der Waals surface area (Å²) in [6.07, 6.45) is 3.12. The lowest BCUT2D eigenvalue weighted by Gasteiger charge is -2.33. The van der Waals surface area contributed by atoms with Gasteiger partial charge in [0.15, 0.2) is 0 Å². The Kier molecular flexibility index (Phi) is 3.37. The number of ether oxygens (including phenoxy) is 1. The second-order valence-electron chi connectivity index (χ2n) is 6.95. The van der Waals surface area contributed by atoms with Gasteiger partial charge in [0.2, 0.25) is 5.91 Å². The van der Waals surface area contributed by atoms with Gasteiger partial charge in [0, 0.05) is 11.9 Å². The summed E-state index contributed by atoms with van der Waals surface area (Å²) in [4.78, 5) is 26.1. The van der Waals surface area contributed by atoms with E-state index < -0.39 is 47.3 Å². The first-order valence-electron chi connectivity index (χ1n) is 8.17. The molecule has 25 heavy (non-hydrogen) atoms. The maximum Gasteiger partial charge on any atom is 0.234 e. The van der Waals surface area contributed by atoms with Gasteiger partial charge >= 0.3 is 0 Å². The van der Waals surface area contributed by atoms with Crippen LogP contribution in [0.15, 0.2) is 48.6 Å². The maximum atomic E-state index is 14.4. The van der Waals surface area contributed by atoms with E-state index in [0.717, 1.165) is 5.57 Å². The number of halogens is 1. The van der Waals surface area contributed by atoms with Crippen LogP contribution in [0.4, 0.5) is 10.1 Å². The molecular formula is C19H17FNO4-. The lowest BCUT2D eigenvalue weighted by Crippen LogP contribution is -2.46. The Morgan fingerprint density at radius 1 is 1.44 bits per heavy atom. The van der Waals surface area contributed by atoms with Crippen molar-refractivity contribution in [3.8, 4) is 0 Å². The first-order chi connectivity index (χ1) is 11.9. The minimum Gasteiger partial charge on any atom is -0.550 e. The summed E-state index contributed by atoms with van der Waals surface area (Å²) in [5.41, 5.74) is -0.167. The van der Waals surface area contributed by atoms with Crippen molar-refractivity contribution in [1.29, 1.82) is 0 Å². The second-order valence-corrected chi connectivity index (χ2v) is 6.95. The number of fused-ring (bicyclic) bond motifs is 1. The van der Waals surface area contributed by atoms with Gasteiger partial charge in [0.05, 0.1) is 23.8 Å². The quantitative estimate of drug-likeness (QED) is 0.771. The summed E-state index contributed by atoms with van der Waals surface area (Å²) < 4.78 is 20.4. The van der Waals surface area contributed by atoms with Crippen molar-refractivity contribution in [1.82, 2.24) is 0 Å². The number of hydrogen-bond acceptors (Lipinski definition) is 4. The molecule has 2 fully saturated rings. The van der Waals surface area contributed by atoms with E-state index in [0.29, 0.717) is 6.42 Å². The molecule has 0 aromatic heterocycles. The number of carbonyl (C=O) groups is 2. The standard InChI is InChI=1S/C19H18FNO4/c1-10(2)9-14-19-8-7-13(25-19)15(18(23)24)16(19)17(22)21(14)12-6-4-3-5-11(12)20/h3-8,13-16H,1,9H2,2H3,(H,23,24)/p-1/t13-,14+,15+,16+,19+/m0/s1. The molecular weight excluding hydrogens is 325 g/mol. The number of para-hydroxylation sites is 1. The van der Waals surface area contributed by atoms with Crippen molar-refractivity contribution < 1.29 is 23.8 Å². The number of amides is 1. The van der Waals surface area contributed by atoms with Crippen LogP contribution in [0, 0.1) is 17.7 Å². The van der Waals surface area contributed by atoms with Gasteiger partial charge in [-0.05, 0) is 25.5 Å². The van der Waals surface area contributed by atoms with Crippen LogP contribution in [0.5, 0.6) is 0 Å². The number of hydrogen-bond donors (Lipinski definition) is 0. The number of carbonyl (C=O) groups excluding carboxylic acids is 2. The number of carboxylic acid groups (broad SMARTS) is 1. The van der Waals surface area contributed by atoms with Crippen LogP contribution < -0.4 is 10.0 Å². The summed E-state index contributed by atoms with van der Waals surface area (Å²) in [5, 5.41) is 11.6. The molecule has 130 valence electrons. The molecule has 6 heteroatoms. The zero-order valence-electron chi connectivity index (χ0n) is 13.6. The average Bonchev–Trinajstić information content (AvgIpc) is 3.18. The molecule has 0 radical (unpaired) electrons. The highest BCUT2D eigenvalue weighted by atomic mass is 19.1. The van der Waals surface area contributed by atoms with Crippen molar-refractivity contribution in [2.45, 2.75) is 31.1 Å². The van der Waals surface area contributed by atoms with Gasteiger partial charge in [-0.3, -0.25) is 4.79 Å². The number of benzene rings is 1. The van der Waals surface area contributed by atoms with Crippen molar-refractivity contribution in [3.63, 3.8) is 0 Å². The monoisotopic (exact) mass is 342 g/mol. The van der Waals surface area contributed by atoms with Crippen molar-refractivity contribution in [3.05, 3.63) is 54.4 Å². The predicted octanol–water partition coefficient (Wildman–Crippen LogP) is 1.20. The van der Waals surface area contributed by atoms with E-state index in [9.17, 15) is 19.1 Å². The third-order valence-corrected chi connectivity index (χ3v) is 5.35. The predicted molar refractivity (Wildman–Crippen MR) is 85.8 cm³/mol. The highest BCUT2D eigenvalue weighted by Gasteiger charge is 2.70. The second kappa shape index (κ2) is 5.26. The maximum absolute atomic E-state index is 14.4. The van der Waals surface area contributed by atoms with Gasteiger partial charge in [-0.15, -0.1) is 6.58 Å². The summed E-state index contributed by atoms with van der Waals surface area (Å²) in [5.74, 6) is -4.29. The molecule has 3 aliphatic heterocycles. The lowest BCUT2D eigenvalue weighted by molar-refractivity contribution is -0.313. The molecule has 4 rings (SSSR count). The fourth-order valence-corrected chi connectivity index (χ4v) is 4.43. The van der Waals surface area contributed by atoms with Crippen LogP contribution in [0.2, 0.25) is 0 Å². The third kappa shape index (κ3) is 2.03. The van der Waals surface area contributed by atoms with Gasteiger partial charge in [-0.2, -0.15) is 0 Å². The zero-order chi connectivity index (χ0) is 17.9. The highest BCUT2D eigenvalue weighted by molar-refractivity contribution is 6.03. The SMILES string of the molecule is C=C(C)C[C@H]1N(c2ccccc2F)C(=O)[C@H]2[C@H](C(=O)[O-])[C@@H]3C=C[C@]21O3. The summed E-state index contributed by atoms with van der Waals surface area (Å²) in [7, 11) is 0. The average molecular weight is 342 g/mol. The number of nitrogens with zero attached hydrogens (tertiary/aromatic N) is 1. The summed E-state index contributed by atoms with van der Waals surface area (Å²) in [6, 6.07) is 5.42. The van der Waals surface area contributed by atoms with Crippen LogP contribution in [-0.4, -0.2) is 29.6 Å². The van der Waals surface area contributed by atoms with Crippen molar-refractivity contribution in [2.75, 3.05) is 4.90 Å². The lowest BCUT2D eigenvalue weighted by atomic mass is 9.74. The fraction of sp³-hybridized carbons (Fsp3) is 0.368. The molecule has 1 aromatic carbocycles.